The van der Waals surface area contributed by atoms with Gasteiger partial charge in [-0.2, -0.15) is 0 Å². The molecule has 28 heavy (non-hydrogen) atoms. The molecule has 4 rings (SSSR count). The largest absolute Gasteiger partial charge is 0.496 e. The van der Waals surface area contributed by atoms with Crippen molar-refractivity contribution in [2.45, 2.75) is 56.8 Å². The first-order valence-electron chi connectivity index (χ1n) is 10.5. The molecule has 1 saturated carbocycles. The number of rotatable bonds is 6. The fourth-order valence-electron chi connectivity index (χ4n) is 4.51. The zero-order valence-corrected chi connectivity index (χ0v) is 16.8. The number of benzene rings is 2. The minimum Gasteiger partial charge on any atom is -0.496 e. The summed E-state index contributed by atoms with van der Waals surface area (Å²) in [5.74, 6) is 1.76. The normalized spacial score (nSPS) is 20.2. The second kappa shape index (κ2) is 8.54. The van der Waals surface area contributed by atoms with Crippen molar-refractivity contribution >= 4 is 0 Å². The molecule has 1 heterocycles. The number of para-hydroxylation sites is 1. The van der Waals surface area contributed by atoms with Crippen molar-refractivity contribution in [2.75, 3.05) is 20.2 Å². The van der Waals surface area contributed by atoms with Crippen LogP contribution >= 0.6 is 0 Å². The molecule has 1 aliphatic carbocycles. The van der Waals surface area contributed by atoms with Crippen molar-refractivity contribution in [2.24, 2.45) is 0 Å². The van der Waals surface area contributed by atoms with Gasteiger partial charge >= 0.3 is 0 Å². The van der Waals surface area contributed by atoms with Crippen molar-refractivity contribution in [1.82, 2.24) is 4.90 Å². The molecular weight excluding hydrogens is 350 g/mol. The Hall–Kier alpha value is -2.04. The predicted octanol–water partition coefficient (Wildman–Crippen LogP) is 4.50. The maximum absolute atomic E-state index is 11.2. The van der Waals surface area contributed by atoms with Crippen molar-refractivity contribution in [3.05, 3.63) is 59.7 Å². The first kappa shape index (κ1) is 19.3. The molecular formula is C24H31NO3. The molecule has 2 aromatic rings. The van der Waals surface area contributed by atoms with Crippen LogP contribution in [0.5, 0.6) is 11.5 Å². The fraction of sp³-hybridized carbons (Fsp3) is 0.500. The maximum Gasteiger partial charge on any atom is 0.124 e. The molecule has 0 unspecified atom stereocenters. The zero-order valence-electron chi connectivity index (χ0n) is 16.8. The molecule has 1 N–H and O–H groups in total. The summed E-state index contributed by atoms with van der Waals surface area (Å²) < 4.78 is 11.5. The predicted molar refractivity (Wildman–Crippen MR) is 111 cm³/mol. The Balaban J connectivity index is 1.32. The first-order valence-corrected chi connectivity index (χ1v) is 10.5. The van der Waals surface area contributed by atoms with Crippen LogP contribution in [0.3, 0.4) is 0 Å². The van der Waals surface area contributed by atoms with Crippen LogP contribution in [-0.4, -0.2) is 36.3 Å². The number of hydrogen-bond acceptors (Lipinski definition) is 4. The van der Waals surface area contributed by atoms with Crippen LogP contribution in [0.15, 0.2) is 48.5 Å². The van der Waals surface area contributed by atoms with E-state index in [4.69, 9.17) is 9.47 Å². The summed E-state index contributed by atoms with van der Waals surface area (Å²) >= 11 is 0. The highest BCUT2D eigenvalue weighted by atomic mass is 16.5. The molecule has 4 heteroatoms. The number of piperidine rings is 1. The van der Waals surface area contributed by atoms with Gasteiger partial charge < -0.3 is 14.6 Å². The highest BCUT2D eigenvalue weighted by Gasteiger charge is 2.36. The van der Waals surface area contributed by atoms with Gasteiger partial charge in [-0.15, -0.1) is 0 Å². The van der Waals surface area contributed by atoms with Crippen molar-refractivity contribution in [3.63, 3.8) is 0 Å². The van der Waals surface area contributed by atoms with Crippen LogP contribution in [0.25, 0.3) is 0 Å². The van der Waals surface area contributed by atoms with Gasteiger partial charge in [-0.05, 0) is 62.3 Å². The van der Waals surface area contributed by atoms with Gasteiger partial charge in [0, 0.05) is 25.2 Å². The third kappa shape index (κ3) is 4.34. The average molecular weight is 382 g/mol. The van der Waals surface area contributed by atoms with Gasteiger partial charge in [0.1, 0.15) is 11.5 Å². The van der Waals surface area contributed by atoms with E-state index in [1.165, 1.54) is 31.2 Å². The van der Waals surface area contributed by atoms with Gasteiger partial charge in [0.05, 0.1) is 18.8 Å². The lowest BCUT2D eigenvalue weighted by Gasteiger charge is -2.39. The van der Waals surface area contributed by atoms with E-state index >= 15 is 0 Å². The maximum atomic E-state index is 11.2. The number of methoxy groups -OCH3 is 1. The molecule has 2 fully saturated rings. The molecule has 150 valence electrons. The van der Waals surface area contributed by atoms with E-state index in [1.54, 1.807) is 7.11 Å². The van der Waals surface area contributed by atoms with Gasteiger partial charge in [-0.3, -0.25) is 4.90 Å². The smallest absolute Gasteiger partial charge is 0.124 e. The Bertz CT molecular complexity index is 760. The van der Waals surface area contributed by atoms with Gasteiger partial charge in [0.2, 0.25) is 0 Å². The van der Waals surface area contributed by atoms with E-state index in [1.807, 2.05) is 24.3 Å². The number of likely N-dealkylation sites (tertiary alicyclic amines) is 1. The van der Waals surface area contributed by atoms with Crippen LogP contribution in [-0.2, 0) is 12.1 Å². The van der Waals surface area contributed by atoms with E-state index in [0.717, 1.165) is 49.5 Å². The standard InChI is InChI=1S/C24H31NO3/c1-27-23-9-5-4-8-22(23)24(26)14-16-25(17-15-24)18-19-10-12-21(13-11-19)28-20-6-2-3-7-20/h4-5,8-13,20,26H,2-3,6-7,14-18H2,1H3. The van der Waals surface area contributed by atoms with Crippen LogP contribution in [0, 0.1) is 0 Å². The topological polar surface area (TPSA) is 41.9 Å². The van der Waals surface area contributed by atoms with Crippen molar-refractivity contribution in [3.8, 4) is 11.5 Å². The molecule has 1 saturated heterocycles. The minimum absolute atomic E-state index is 0.403. The highest BCUT2D eigenvalue weighted by Crippen LogP contribution is 2.38. The number of hydrogen-bond donors (Lipinski definition) is 1. The first-order chi connectivity index (χ1) is 13.7. The van der Waals surface area contributed by atoms with Crippen LogP contribution in [0.4, 0.5) is 0 Å². The van der Waals surface area contributed by atoms with Crippen LogP contribution in [0.2, 0.25) is 0 Å². The van der Waals surface area contributed by atoms with Crippen molar-refractivity contribution in [1.29, 1.82) is 0 Å². The minimum atomic E-state index is -0.803. The summed E-state index contributed by atoms with van der Waals surface area (Å²) in [5.41, 5.74) is 1.40. The average Bonchev–Trinajstić information content (AvgIpc) is 3.24. The third-order valence-corrected chi connectivity index (χ3v) is 6.23. The summed E-state index contributed by atoms with van der Waals surface area (Å²) in [7, 11) is 1.66. The molecule has 0 amide bonds. The second-order valence-electron chi connectivity index (χ2n) is 8.18. The number of nitrogens with zero attached hydrogens (tertiary/aromatic N) is 1. The molecule has 0 radical (unpaired) electrons. The Morgan fingerprint density at radius 2 is 1.68 bits per heavy atom. The Morgan fingerprint density at radius 3 is 2.36 bits per heavy atom. The van der Waals surface area contributed by atoms with Crippen LogP contribution < -0.4 is 9.47 Å². The van der Waals surface area contributed by atoms with Gasteiger partial charge in [0.15, 0.2) is 0 Å². The molecule has 0 spiro atoms. The molecule has 4 nitrogen and oxygen atoms in total. The SMILES string of the molecule is COc1ccccc1C1(O)CCN(Cc2ccc(OC3CCCC3)cc2)CC1. The number of aliphatic hydroxyl groups is 1. The molecule has 0 atom stereocenters. The molecule has 0 aromatic heterocycles. The van der Waals surface area contributed by atoms with E-state index in [2.05, 4.69) is 29.2 Å². The van der Waals surface area contributed by atoms with Gasteiger partial charge in [-0.25, -0.2) is 0 Å². The quantitative estimate of drug-likeness (QED) is 0.800. The lowest BCUT2D eigenvalue weighted by molar-refractivity contribution is -0.0292. The monoisotopic (exact) mass is 381 g/mol. The van der Waals surface area contributed by atoms with E-state index in [9.17, 15) is 5.11 Å². The molecule has 2 aromatic carbocycles. The van der Waals surface area contributed by atoms with E-state index in [-0.39, 0.29) is 0 Å². The molecule has 1 aliphatic heterocycles. The fourth-order valence-corrected chi connectivity index (χ4v) is 4.51. The van der Waals surface area contributed by atoms with E-state index < -0.39 is 5.60 Å². The Kier molecular flexibility index (Phi) is 5.88. The highest BCUT2D eigenvalue weighted by molar-refractivity contribution is 5.38. The summed E-state index contributed by atoms with van der Waals surface area (Å²) in [6.07, 6.45) is 6.79. The Labute approximate surface area is 168 Å². The second-order valence-corrected chi connectivity index (χ2v) is 8.18. The summed E-state index contributed by atoms with van der Waals surface area (Å²) in [4.78, 5) is 2.41. The lowest BCUT2D eigenvalue weighted by Crippen LogP contribution is -2.42. The van der Waals surface area contributed by atoms with E-state index in [0.29, 0.717) is 6.10 Å². The third-order valence-electron chi connectivity index (χ3n) is 6.23. The Morgan fingerprint density at radius 1 is 1.00 bits per heavy atom. The van der Waals surface area contributed by atoms with Gasteiger partial charge in [-0.1, -0.05) is 30.3 Å². The molecule has 0 bridgehead atoms. The lowest BCUT2D eigenvalue weighted by atomic mass is 9.84. The summed E-state index contributed by atoms with van der Waals surface area (Å²) in [5, 5.41) is 11.2. The van der Waals surface area contributed by atoms with Gasteiger partial charge in [0.25, 0.3) is 0 Å². The zero-order chi connectivity index (χ0) is 19.4. The van der Waals surface area contributed by atoms with Crippen molar-refractivity contribution < 1.29 is 14.6 Å². The molecule has 2 aliphatic rings. The summed E-state index contributed by atoms with van der Waals surface area (Å²) in [6, 6.07) is 16.4. The van der Waals surface area contributed by atoms with Crippen LogP contribution in [0.1, 0.15) is 49.7 Å². The summed E-state index contributed by atoms with van der Waals surface area (Å²) in [6.45, 7) is 2.65. The number of ether oxygens (including phenoxy) is 2.